The zero-order chi connectivity index (χ0) is 8.97. The highest BCUT2D eigenvalue weighted by Gasteiger charge is 2.08. The molecule has 0 saturated carbocycles. The fourth-order valence-corrected chi connectivity index (χ4v) is 0.946. The van der Waals surface area contributed by atoms with E-state index in [0.29, 0.717) is 18.7 Å². The minimum atomic E-state index is 0.0532. The number of Topliss-reactive ketones (excluding diaryl/α,β-unsaturated/α-hetero) is 1. The van der Waals surface area contributed by atoms with Gasteiger partial charge in [-0.15, -0.1) is 0 Å². The summed E-state index contributed by atoms with van der Waals surface area (Å²) in [6.45, 7) is 2.52. The lowest BCUT2D eigenvalue weighted by Crippen LogP contribution is -2.12. The molecule has 0 unspecified atom stereocenters. The van der Waals surface area contributed by atoms with Crippen LogP contribution in [0.25, 0.3) is 0 Å². The van der Waals surface area contributed by atoms with E-state index in [2.05, 4.69) is 5.32 Å². The lowest BCUT2D eigenvalue weighted by molar-refractivity contribution is 0.0955. The maximum Gasteiger partial charge on any atom is 0.199 e. The SMILES string of the molecule is CNCCC(=O)c1ccc(C)o1. The Bertz CT molecular complexity index is 265. The van der Waals surface area contributed by atoms with Gasteiger partial charge in [0.2, 0.25) is 0 Å². The van der Waals surface area contributed by atoms with Gasteiger partial charge in [0.1, 0.15) is 5.76 Å². The highest BCUT2D eigenvalue weighted by Crippen LogP contribution is 2.08. The number of furan rings is 1. The van der Waals surface area contributed by atoms with Crippen LogP contribution >= 0.6 is 0 Å². The van der Waals surface area contributed by atoms with E-state index in [4.69, 9.17) is 4.42 Å². The Hall–Kier alpha value is -1.09. The summed E-state index contributed by atoms with van der Waals surface area (Å²) in [5.41, 5.74) is 0. The molecule has 1 rings (SSSR count). The molecule has 66 valence electrons. The van der Waals surface area contributed by atoms with Crippen LogP contribution < -0.4 is 5.32 Å². The van der Waals surface area contributed by atoms with Crippen LogP contribution in [0.2, 0.25) is 0 Å². The minimum absolute atomic E-state index is 0.0532. The zero-order valence-corrected chi connectivity index (χ0v) is 7.39. The van der Waals surface area contributed by atoms with Crippen molar-refractivity contribution >= 4 is 5.78 Å². The molecule has 1 heterocycles. The van der Waals surface area contributed by atoms with Crippen LogP contribution in [0.3, 0.4) is 0 Å². The number of ketones is 1. The molecule has 1 aromatic rings. The monoisotopic (exact) mass is 167 g/mol. The summed E-state index contributed by atoms with van der Waals surface area (Å²) in [5, 5.41) is 2.91. The van der Waals surface area contributed by atoms with Crippen molar-refractivity contribution in [3.63, 3.8) is 0 Å². The fourth-order valence-electron chi connectivity index (χ4n) is 0.946. The highest BCUT2D eigenvalue weighted by molar-refractivity contribution is 5.93. The molecule has 0 aromatic carbocycles. The van der Waals surface area contributed by atoms with Gasteiger partial charge < -0.3 is 9.73 Å². The third kappa shape index (κ3) is 2.20. The molecular formula is C9H13NO2. The summed E-state index contributed by atoms with van der Waals surface area (Å²) in [6.07, 6.45) is 0.490. The molecule has 0 spiro atoms. The quantitative estimate of drug-likeness (QED) is 0.689. The second kappa shape index (κ2) is 4.07. The molecule has 0 aliphatic carbocycles. The smallest absolute Gasteiger partial charge is 0.199 e. The Morgan fingerprint density at radius 3 is 2.83 bits per heavy atom. The summed E-state index contributed by atoms with van der Waals surface area (Å²) >= 11 is 0. The molecule has 0 fully saturated rings. The number of carbonyl (C=O) groups is 1. The van der Waals surface area contributed by atoms with Gasteiger partial charge in [-0.3, -0.25) is 4.79 Å². The normalized spacial score (nSPS) is 10.2. The van der Waals surface area contributed by atoms with E-state index in [9.17, 15) is 4.79 Å². The summed E-state index contributed by atoms with van der Waals surface area (Å²) in [6, 6.07) is 3.51. The molecule has 3 nitrogen and oxygen atoms in total. The van der Waals surface area contributed by atoms with Gasteiger partial charge in [0, 0.05) is 13.0 Å². The van der Waals surface area contributed by atoms with E-state index in [-0.39, 0.29) is 5.78 Å². The molecule has 0 bridgehead atoms. The van der Waals surface area contributed by atoms with Crippen LogP contribution in [0, 0.1) is 6.92 Å². The third-order valence-electron chi connectivity index (χ3n) is 1.62. The zero-order valence-electron chi connectivity index (χ0n) is 7.39. The maximum atomic E-state index is 11.3. The van der Waals surface area contributed by atoms with Crippen molar-refractivity contribution in [2.75, 3.05) is 13.6 Å². The summed E-state index contributed by atoms with van der Waals surface area (Å²) in [5.74, 6) is 1.29. The van der Waals surface area contributed by atoms with Crippen molar-refractivity contribution in [3.05, 3.63) is 23.7 Å². The van der Waals surface area contributed by atoms with Crippen LogP contribution in [-0.4, -0.2) is 19.4 Å². The average Bonchev–Trinajstić information content (AvgIpc) is 2.47. The van der Waals surface area contributed by atoms with Gasteiger partial charge in [0.05, 0.1) is 0 Å². The van der Waals surface area contributed by atoms with Gasteiger partial charge in [-0.05, 0) is 26.1 Å². The van der Waals surface area contributed by atoms with Gasteiger partial charge in [-0.25, -0.2) is 0 Å². The minimum Gasteiger partial charge on any atom is -0.458 e. The Balaban J connectivity index is 2.53. The van der Waals surface area contributed by atoms with E-state index in [1.54, 1.807) is 12.1 Å². The van der Waals surface area contributed by atoms with Gasteiger partial charge in [-0.1, -0.05) is 0 Å². The Labute approximate surface area is 71.8 Å². The molecular weight excluding hydrogens is 154 g/mol. The maximum absolute atomic E-state index is 11.3. The predicted octanol–water partition coefficient (Wildman–Crippen LogP) is 1.38. The first-order valence-electron chi connectivity index (χ1n) is 3.98. The first kappa shape index (κ1) is 9.00. The summed E-state index contributed by atoms with van der Waals surface area (Å²) in [4.78, 5) is 11.3. The van der Waals surface area contributed by atoms with E-state index >= 15 is 0 Å². The van der Waals surface area contributed by atoms with Gasteiger partial charge >= 0.3 is 0 Å². The topological polar surface area (TPSA) is 42.2 Å². The number of hydrogen-bond donors (Lipinski definition) is 1. The molecule has 0 atom stereocenters. The van der Waals surface area contributed by atoms with Crippen molar-refractivity contribution in [1.82, 2.24) is 5.32 Å². The Morgan fingerprint density at radius 1 is 1.58 bits per heavy atom. The number of aryl methyl sites for hydroxylation is 1. The lowest BCUT2D eigenvalue weighted by atomic mass is 10.2. The van der Waals surface area contributed by atoms with Crippen LogP contribution in [0.1, 0.15) is 22.7 Å². The largest absolute Gasteiger partial charge is 0.458 e. The molecule has 0 aliphatic rings. The number of rotatable bonds is 4. The molecule has 12 heavy (non-hydrogen) atoms. The van der Waals surface area contributed by atoms with Crippen LogP contribution in [0.4, 0.5) is 0 Å². The second-order valence-electron chi connectivity index (χ2n) is 2.69. The van der Waals surface area contributed by atoms with Crippen LogP contribution in [0.15, 0.2) is 16.5 Å². The van der Waals surface area contributed by atoms with E-state index in [1.165, 1.54) is 0 Å². The molecule has 0 saturated heterocycles. The molecule has 3 heteroatoms. The van der Waals surface area contributed by atoms with E-state index < -0.39 is 0 Å². The molecule has 0 aliphatic heterocycles. The lowest BCUT2D eigenvalue weighted by Gasteiger charge is -1.95. The van der Waals surface area contributed by atoms with Crippen molar-refractivity contribution in [2.24, 2.45) is 0 Å². The van der Waals surface area contributed by atoms with Gasteiger partial charge in [0.15, 0.2) is 11.5 Å². The van der Waals surface area contributed by atoms with Crippen molar-refractivity contribution in [3.8, 4) is 0 Å². The first-order chi connectivity index (χ1) is 5.74. The standard InChI is InChI=1S/C9H13NO2/c1-7-3-4-9(12-7)8(11)5-6-10-2/h3-4,10H,5-6H2,1-2H3. The first-order valence-corrected chi connectivity index (χ1v) is 3.98. The predicted molar refractivity (Wildman–Crippen MR) is 46.3 cm³/mol. The summed E-state index contributed by atoms with van der Waals surface area (Å²) in [7, 11) is 1.82. The third-order valence-corrected chi connectivity index (χ3v) is 1.62. The molecule has 1 N–H and O–H groups in total. The second-order valence-corrected chi connectivity index (χ2v) is 2.69. The molecule has 0 radical (unpaired) electrons. The number of nitrogens with one attached hydrogen (secondary N) is 1. The fraction of sp³-hybridized carbons (Fsp3) is 0.444. The van der Waals surface area contributed by atoms with E-state index in [0.717, 1.165) is 5.76 Å². The Morgan fingerprint density at radius 2 is 2.33 bits per heavy atom. The van der Waals surface area contributed by atoms with Crippen molar-refractivity contribution < 1.29 is 9.21 Å². The van der Waals surface area contributed by atoms with Crippen LogP contribution in [0.5, 0.6) is 0 Å². The van der Waals surface area contributed by atoms with Crippen molar-refractivity contribution in [2.45, 2.75) is 13.3 Å². The van der Waals surface area contributed by atoms with Gasteiger partial charge in [0.25, 0.3) is 0 Å². The molecule has 1 aromatic heterocycles. The average molecular weight is 167 g/mol. The number of hydrogen-bond acceptors (Lipinski definition) is 3. The highest BCUT2D eigenvalue weighted by atomic mass is 16.3. The summed E-state index contributed by atoms with van der Waals surface area (Å²) < 4.78 is 5.17. The van der Waals surface area contributed by atoms with Gasteiger partial charge in [-0.2, -0.15) is 0 Å². The number of carbonyl (C=O) groups excluding carboxylic acids is 1. The van der Waals surface area contributed by atoms with Crippen molar-refractivity contribution in [1.29, 1.82) is 0 Å². The van der Waals surface area contributed by atoms with Crippen LogP contribution in [-0.2, 0) is 0 Å². The Kier molecular flexibility index (Phi) is 3.05. The molecule has 0 amide bonds. The van der Waals surface area contributed by atoms with E-state index in [1.807, 2.05) is 14.0 Å².